The van der Waals surface area contributed by atoms with Gasteiger partial charge in [0.05, 0.1) is 16.9 Å². The zero-order chi connectivity index (χ0) is 17.1. The summed E-state index contributed by atoms with van der Waals surface area (Å²) >= 11 is 1.10. The number of hydrogen-bond donors (Lipinski definition) is 1. The molecule has 0 saturated carbocycles. The number of rotatable bonds is 4. The molecule has 0 spiro atoms. The fraction of sp³-hybridized carbons (Fsp3) is 0.125. The highest BCUT2D eigenvalue weighted by atomic mass is 32.2. The van der Waals surface area contributed by atoms with Crippen LogP contribution in [-0.2, 0) is 0 Å². The van der Waals surface area contributed by atoms with Gasteiger partial charge in [-0.3, -0.25) is 4.79 Å². The molecule has 0 radical (unpaired) electrons. The molecule has 7 nitrogen and oxygen atoms in total. The SMILES string of the molecule is N#Cc1cc(C#N)c(SCC(=O)c2ccc3c(c2)OCO3)nc1N. The molecule has 2 heterocycles. The van der Waals surface area contributed by atoms with Crippen molar-refractivity contribution in [2.75, 3.05) is 18.3 Å². The minimum Gasteiger partial charge on any atom is -0.454 e. The van der Waals surface area contributed by atoms with Gasteiger partial charge in [-0.25, -0.2) is 4.98 Å². The zero-order valence-electron chi connectivity index (χ0n) is 12.3. The van der Waals surface area contributed by atoms with E-state index in [4.69, 9.17) is 25.7 Å². The van der Waals surface area contributed by atoms with Gasteiger partial charge in [0.2, 0.25) is 6.79 Å². The molecule has 1 aliphatic heterocycles. The number of nitrogens with zero attached hydrogens (tertiary/aromatic N) is 3. The van der Waals surface area contributed by atoms with Crippen molar-refractivity contribution in [2.45, 2.75) is 5.03 Å². The number of thioether (sulfide) groups is 1. The molecule has 0 aliphatic carbocycles. The van der Waals surface area contributed by atoms with Crippen LogP contribution < -0.4 is 15.2 Å². The second-order valence-corrected chi connectivity index (χ2v) is 5.74. The fourth-order valence-electron chi connectivity index (χ4n) is 2.08. The van der Waals surface area contributed by atoms with Gasteiger partial charge < -0.3 is 15.2 Å². The van der Waals surface area contributed by atoms with Crippen molar-refractivity contribution in [3.63, 3.8) is 0 Å². The fourth-order valence-corrected chi connectivity index (χ4v) is 2.93. The van der Waals surface area contributed by atoms with E-state index in [0.29, 0.717) is 22.1 Å². The van der Waals surface area contributed by atoms with Gasteiger partial charge in [-0.15, -0.1) is 0 Å². The Kier molecular flexibility index (Phi) is 4.23. The lowest BCUT2D eigenvalue weighted by Gasteiger charge is -2.06. The summed E-state index contributed by atoms with van der Waals surface area (Å²) in [5.41, 5.74) is 6.49. The number of fused-ring (bicyclic) bond motifs is 1. The summed E-state index contributed by atoms with van der Waals surface area (Å²) in [6.45, 7) is 0.141. The molecule has 24 heavy (non-hydrogen) atoms. The third kappa shape index (κ3) is 2.96. The molecule has 0 amide bonds. The number of carbonyl (C=O) groups excluding carboxylic acids is 1. The number of Topliss-reactive ketones (excluding diaryl/α,β-unsaturated/α-hetero) is 1. The number of anilines is 1. The van der Waals surface area contributed by atoms with Gasteiger partial charge in [-0.05, 0) is 24.3 Å². The average molecular weight is 338 g/mol. The Labute approximate surface area is 141 Å². The lowest BCUT2D eigenvalue weighted by Crippen LogP contribution is -2.04. The maximum absolute atomic E-state index is 12.3. The van der Waals surface area contributed by atoms with Crippen LogP contribution in [0.3, 0.4) is 0 Å². The van der Waals surface area contributed by atoms with Gasteiger partial charge >= 0.3 is 0 Å². The number of ketones is 1. The van der Waals surface area contributed by atoms with Crippen LogP contribution in [0.5, 0.6) is 11.5 Å². The highest BCUT2D eigenvalue weighted by Crippen LogP contribution is 2.33. The van der Waals surface area contributed by atoms with Crippen LogP contribution in [0.2, 0.25) is 0 Å². The molecule has 2 N–H and O–H groups in total. The predicted octanol–water partition coefficient (Wildman–Crippen LogP) is 2.11. The van der Waals surface area contributed by atoms with Crippen molar-refractivity contribution in [1.29, 1.82) is 10.5 Å². The predicted molar refractivity (Wildman–Crippen MR) is 85.7 cm³/mol. The number of nitrogen functional groups attached to an aromatic ring is 1. The van der Waals surface area contributed by atoms with Crippen LogP contribution in [0.1, 0.15) is 21.5 Å². The van der Waals surface area contributed by atoms with E-state index in [1.54, 1.807) is 18.2 Å². The molecule has 8 heteroatoms. The molecule has 2 aromatic rings. The normalized spacial score (nSPS) is 11.6. The zero-order valence-corrected chi connectivity index (χ0v) is 13.1. The van der Waals surface area contributed by atoms with E-state index in [1.165, 1.54) is 6.07 Å². The first kappa shape index (κ1) is 15.7. The van der Waals surface area contributed by atoms with E-state index in [0.717, 1.165) is 11.8 Å². The molecular formula is C16H10N4O3S. The Morgan fingerprint density at radius 1 is 1.21 bits per heavy atom. The van der Waals surface area contributed by atoms with Crippen molar-refractivity contribution in [1.82, 2.24) is 4.98 Å². The lowest BCUT2D eigenvalue weighted by molar-refractivity contribution is 0.102. The minimum absolute atomic E-state index is 0.0366. The van der Waals surface area contributed by atoms with Gasteiger partial charge in [0.25, 0.3) is 0 Å². The van der Waals surface area contributed by atoms with Gasteiger partial charge in [0.1, 0.15) is 23.0 Å². The molecule has 0 atom stereocenters. The average Bonchev–Trinajstić information content (AvgIpc) is 3.07. The Bertz CT molecular complexity index is 915. The van der Waals surface area contributed by atoms with Gasteiger partial charge in [-0.1, -0.05) is 11.8 Å². The molecular weight excluding hydrogens is 328 g/mol. The van der Waals surface area contributed by atoms with Crippen LogP contribution in [0.25, 0.3) is 0 Å². The summed E-state index contributed by atoms with van der Waals surface area (Å²) in [6, 6.07) is 10.2. The monoisotopic (exact) mass is 338 g/mol. The molecule has 3 rings (SSSR count). The summed E-state index contributed by atoms with van der Waals surface area (Å²) in [5, 5.41) is 18.4. The summed E-state index contributed by atoms with van der Waals surface area (Å²) < 4.78 is 10.4. The van der Waals surface area contributed by atoms with Crippen molar-refractivity contribution < 1.29 is 14.3 Å². The van der Waals surface area contributed by atoms with Crippen LogP contribution in [0.4, 0.5) is 5.82 Å². The highest BCUT2D eigenvalue weighted by molar-refractivity contribution is 8.00. The first-order valence-corrected chi connectivity index (χ1v) is 7.77. The standard InChI is InChI=1S/C16H10N4O3S/c17-5-10-3-11(6-18)16(20-15(10)19)24-7-12(21)9-1-2-13-14(4-9)23-8-22-13/h1-4H,7-8H2,(H2,19,20). The number of nitrogens with two attached hydrogens (primary N) is 1. The van der Waals surface area contributed by atoms with E-state index in [1.807, 2.05) is 12.1 Å². The van der Waals surface area contributed by atoms with E-state index < -0.39 is 0 Å². The van der Waals surface area contributed by atoms with E-state index >= 15 is 0 Å². The van der Waals surface area contributed by atoms with Gasteiger partial charge in [0, 0.05) is 5.56 Å². The topological polar surface area (TPSA) is 122 Å². The summed E-state index contributed by atoms with van der Waals surface area (Å²) in [7, 11) is 0. The largest absolute Gasteiger partial charge is 0.454 e. The third-order valence-electron chi connectivity index (χ3n) is 3.29. The summed E-state index contributed by atoms with van der Waals surface area (Å²) in [4.78, 5) is 16.4. The number of nitriles is 2. The maximum Gasteiger partial charge on any atom is 0.231 e. The Morgan fingerprint density at radius 3 is 2.71 bits per heavy atom. The molecule has 1 aliphatic rings. The molecule has 0 saturated heterocycles. The number of benzene rings is 1. The summed E-state index contributed by atoms with van der Waals surface area (Å²) in [6.07, 6.45) is 0. The molecule has 0 bridgehead atoms. The van der Waals surface area contributed by atoms with E-state index in [2.05, 4.69) is 4.98 Å². The number of pyridine rings is 1. The smallest absolute Gasteiger partial charge is 0.231 e. The first-order chi connectivity index (χ1) is 11.6. The molecule has 1 aromatic heterocycles. The van der Waals surface area contributed by atoms with E-state index in [9.17, 15) is 4.79 Å². The molecule has 118 valence electrons. The number of hydrogen-bond acceptors (Lipinski definition) is 8. The maximum atomic E-state index is 12.3. The van der Waals surface area contributed by atoms with Crippen LogP contribution in [0, 0.1) is 22.7 Å². The number of ether oxygens (including phenoxy) is 2. The van der Waals surface area contributed by atoms with Crippen LogP contribution in [-0.4, -0.2) is 23.3 Å². The third-order valence-corrected chi connectivity index (χ3v) is 4.28. The van der Waals surface area contributed by atoms with Gasteiger partial charge in [-0.2, -0.15) is 10.5 Å². The van der Waals surface area contributed by atoms with Crippen molar-refractivity contribution in [3.05, 3.63) is 41.0 Å². The van der Waals surface area contributed by atoms with Crippen molar-refractivity contribution >= 4 is 23.4 Å². The molecule has 0 fully saturated rings. The quantitative estimate of drug-likeness (QED) is 0.664. The highest BCUT2D eigenvalue weighted by Gasteiger charge is 2.17. The Hall–Kier alpha value is -3.23. The van der Waals surface area contributed by atoms with E-state index in [-0.39, 0.29) is 35.3 Å². The summed E-state index contributed by atoms with van der Waals surface area (Å²) in [5.74, 6) is 1.10. The number of carbonyl (C=O) groups is 1. The Balaban J connectivity index is 1.76. The van der Waals surface area contributed by atoms with Crippen LogP contribution >= 0.6 is 11.8 Å². The van der Waals surface area contributed by atoms with Crippen molar-refractivity contribution in [3.8, 4) is 23.6 Å². The number of aromatic nitrogens is 1. The van der Waals surface area contributed by atoms with Crippen LogP contribution in [0.15, 0.2) is 29.3 Å². The second kappa shape index (κ2) is 6.49. The Morgan fingerprint density at radius 2 is 1.96 bits per heavy atom. The van der Waals surface area contributed by atoms with Crippen molar-refractivity contribution in [2.24, 2.45) is 0 Å². The molecule has 1 aromatic carbocycles. The second-order valence-electron chi connectivity index (χ2n) is 4.78. The lowest BCUT2D eigenvalue weighted by atomic mass is 10.1. The molecule has 0 unspecified atom stereocenters. The van der Waals surface area contributed by atoms with Gasteiger partial charge in [0.15, 0.2) is 17.3 Å². The first-order valence-electron chi connectivity index (χ1n) is 6.78. The minimum atomic E-state index is -0.146.